The molecule has 0 aliphatic carbocycles. The molecule has 0 spiro atoms. The zero-order valence-corrected chi connectivity index (χ0v) is 9.50. The molecule has 1 aromatic carbocycles. The van der Waals surface area contributed by atoms with E-state index in [-0.39, 0.29) is 6.42 Å². The second-order valence-corrected chi connectivity index (χ2v) is 3.95. The van der Waals surface area contributed by atoms with Crippen molar-refractivity contribution in [2.45, 2.75) is 38.4 Å². The lowest BCUT2D eigenvalue weighted by molar-refractivity contribution is -0.137. The van der Waals surface area contributed by atoms with Crippen LogP contribution < -0.4 is 0 Å². The minimum Gasteiger partial charge on any atom is -0.166 e. The quantitative estimate of drug-likeness (QED) is 0.715. The smallest absolute Gasteiger partial charge is 0.166 e. The predicted molar refractivity (Wildman–Crippen MR) is 59.6 cm³/mol. The van der Waals surface area contributed by atoms with Crippen molar-refractivity contribution < 1.29 is 13.2 Å². The summed E-state index contributed by atoms with van der Waals surface area (Å²) in [5.41, 5.74) is -0.186. The van der Waals surface area contributed by atoms with Crippen LogP contribution in [-0.4, -0.2) is 6.04 Å². The molecule has 2 nitrogen and oxygen atoms in total. The molecule has 0 saturated heterocycles. The fraction of sp³-hybridized carbons (Fsp3) is 0.500. The molecule has 1 aromatic rings. The molecular weight excluding hydrogens is 231 g/mol. The number of halogens is 3. The predicted octanol–water partition coefficient (Wildman–Crippen LogP) is 4.18. The van der Waals surface area contributed by atoms with Crippen molar-refractivity contribution in [2.24, 2.45) is 5.18 Å². The highest BCUT2D eigenvalue weighted by atomic mass is 19.4. The first-order chi connectivity index (χ1) is 7.97. The molecule has 0 aliphatic rings. The molecule has 94 valence electrons. The Morgan fingerprint density at radius 2 is 2.06 bits per heavy atom. The van der Waals surface area contributed by atoms with E-state index in [0.717, 1.165) is 18.6 Å². The highest BCUT2D eigenvalue weighted by Crippen LogP contribution is 2.29. The monoisotopic (exact) mass is 245 g/mol. The lowest BCUT2D eigenvalue weighted by atomic mass is 10.0. The molecule has 0 amide bonds. The fourth-order valence-electron chi connectivity index (χ4n) is 1.67. The SMILES string of the molecule is CCC[C@H](Cc1cccc(C(F)(F)F)c1)N=O. The maximum atomic E-state index is 12.5. The molecule has 0 saturated carbocycles. The van der Waals surface area contributed by atoms with E-state index >= 15 is 0 Å². The zero-order chi connectivity index (χ0) is 12.9. The van der Waals surface area contributed by atoms with E-state index in [2.05, 4.69) is 5.18 Å². The summed E-state index contributed by atoms with van der Waals surface area (Å²) in [6.07, 6.45) is -2.69. The van der Waals surface area contributed by atoms with E-state index in [4.69, 9.17) is 0 Å². The number of hydrogen-bond acceptors (Lipinski definition) is 2. The summed E-state index contributed by atoms with van der Waals surface area (Å²) in [6.45, 7) is 1.91. The molecule has 0 unspecified atom stereocenters. The first-order valence-corrected chi connectivity index (χ1v) is 5.46. The molecule has 5 heteroatoms. The fourth-order valence-corrected chi connectivity index (χ4v) is 1.67. The van der Waals surface area contributed by atoms with Gasteiger partial charge in [-0.25, -0.2) is 0 Å². The summed E-state index contributed by atoms with van der Waals surface area (Å²) < 4.78 is 37.4. The van der Waals surface area contributed by atoms with E-state index in [1.165, 1.54) is 6.07 Å². The van der Waals surface area contributed by atoms with Crippen molar-refractivity contribution in [1.82, 2.24) is 0 Å². The van der Waals surface area contributed by atoms with Gasteiger partial charge in [0.05, 0.1) is 11.6 Å². The van der Waals surface area contributed by atoms with E-state index < -0.39 is 17.8 Å². The van der Waals surface area contributed by atoms with Gasteiger partial charge in [-0.3, -0.25) is 0 Å². The van der Waals surface area contributed by atoms with Gasteiger partial charge in [0.15, 0.2) is 0 Å². The molecule has 0 aliphatic heterocycles. The Kier molecular flexibility index (Phi) is 4.66. The summed E-state index contributed by atoms with van der Waals surface area (Å²) in [6, 6.07) is 4.60. The molecular formula is C12H14F3NO. The number of benzene rings is 1. The van der Waals surface area contributed by atoms with E-state index in [0.29, 0.717) is 12.0 Å². The second kappa shape index (κ2) is 5.80. The largest absolute Gasteiger partial charge is 0.416 e. The van der Waals surface area contributed by atoms with Gasteiger partial charge in [-0.05, 0) is 24.5 Å². The minimum atomic E-state index is -4.34. The van der Waals surface area contributed by atoms with E-state index in [9.17, 15) is 18.1 Å². The molecule has 0 N–H and O–H groups in total. The van der Waals surface area contributed by atoms with Crippen LogP contribution in [0.2, 0.25) is 0 Å². The summed E-state index contributed by atoms with van der Waals surface area (Å²) in [4.78, 5) is 10.5. The van der Waals surface area contributed by atoms with Gasteiger partial charge in [0.25, 0.3) is 0 Å². The zero-order valence-electron chi connectivity index (χ0n) is 9.50. The standard InChI is InChI=1S/C12H14F3NO/c1-2-4-11(16-17)8-9-5-3-6-10(7-9)12(13,14)15/h3,5-7,11H,2,4,8H2,1H3/t11-/m1/s1. The summed E-state index contributed by atoms with van der Waals surface area (Å²) in [5.74, 6) is 0. The maximum absolute atomic E-state index is 12.5. The average molecular weight is 245 g/mol. The van der Waals surface area contributed by atoms with Crippen LogP contribution in [0.1, 0.15) is 30.9 Å². The summed E-state index contributed by atoms with van der Waals surface area (Å²) in [7, 11) is 0. The van der Waals surface area contributed by atoms with Gasteiger partial charge in [0.1, 0.15) is 0 Å². The van der Waals surface area contributed by atoms with Gasteiger partial charge in [-0.1, -0.05) is 36.7 Å². The molecule has 1 atom stereocenters. The number of hydrogen-bond donors (Lipinski definition) is 0. The lowest BCUT2D eigenvalue weighted by Gasteiger charge is -2.11. The number of rotatable bonds is 5. The van der Waals surface area contributed by atoms with Crippen LogP contribution in [0.5, 0.6) is 0 Å². The van der Waals surface area contributed by atoms with Crippen molar-refractivity contribution in [3.63, 3.8) is 0 Å². The Labute approximate surface area is 97.8 Å². The van der Waals surface area contributed by atoms with E-state index in [1.807, 2.05) is 6.92 Å². The first kappa shape index (κ1) is 13.7. The average Bonchev–Trinajstić information content (AvgIpc) is 2.28. The molecule has 1 rings (SSSR count). The third kappa shape index (κ3) is 4.17. The van der Waals surface area contributed by atoms with Gasteiger partial charge < -0.3 is 0 Å². The molecule has 0 heterocycles. The maximum Gasteiger partial charge on any atom is 0.416 e. The van der Waals surface area contributed by atoms with Crippen LogP contribution in [0.4, 0.5) is 13.2 Å². The number of alkyl halides is 3. The van der Waals surface area contributed by atoms with Crippen LogP contribution in [0.3, 0.4) is 0 Å². The normalized spacial score (nSPS) is 13.4. The second-order valence-electron chi connectivity index (χ2n) is 3.95. The molecule has 0 aromatic heterocycles. The van der Waals surface area contributed by atoms with Crippen LogP contribution in [-0.2, 0) is 12.6 Å². The van der Waals surface area contributed by atoms with Crippen molar-refractivity contribution in [3.8, 4) is 0 Å². The highest BCUT2D eigenvalue weighted by Gasteiger charge is 2.30. The Morgan fingerprint density at radius 3 is 2.59 bits per heavy atom. The molecule has 0 fully saturated rings. The lowest BCUT2D eigenvalue weighted by Crippen LogP contribution is -2.09. The van der Waals surface area contributed by atoms with E-state index in [1.54, 1.807) is 6.07 Å². The Morgan fingerprint density at radius 1 is 1.35 bits per heavy atom. The third-order valence-electron chi connectivity index (χ3n) is 2.50. The van der Waals surface area contributed by atoms with Gasteiger partial charge in [-0.2, -0.15) is 18.1 Å². The molecule has 17 heavy (non-hydrogen) atoms. The molecule has 0 bridgehead atoms. The van der Waals surface area contributed by atoms with Crippen molar-refractivity contribution in [1.29, 1.82) is 0 Å². The minimum absolute atomic E-state index is 0.265. The Hall–Kier alpha value is -1.39. The Bertz CT molecular complexity index is 376. The molecule has 0 radical (unpaired) electrons. The number of nitrogens with zero attached hydrogens (tertiary/aromatic N) is 1. The van der Waals surface area contributed by atoms with Crippen LogP contribution in [0.25, 0.3) is 0 Å². The van der Waals surface area contributed by atoms with Crippen LogP contribution in [0.15, 0.2) is 29.4 Å². The number of nitroso groups, excluding NO2 is 1. The Balaban J connectivity index is 2.81. The third-order valence-corrected chi connectivity index (χ3v) is 2.50. The topological polar surface area (TPSA) is 29.4 Å². The van der Waals surface area contributed by atoms with Gasteiger partial charge in [0.2, 0.25) is 0 Å². The van der Waals surface area contributed by atoms with Gasteiger partial charge >= 0.3 is 6.18 Å². The first-order valence-electron chi connectivity index (χ1n) is 5.46. The van der Waals surface area contributed by atoms with Gasteiger partial charge in [-0.15, -0.1) is 0 Å². The van der Waals surface area contributed by atoms with Crippen LogP contribution >= 0.6 is 0 Å². The summed E-state index contributed by atoms with van der Waals surface area (Å²) in [5, 5.41) is 2.93. The van der Waals surface area contributed by atoms with Crippen molar-refractivity contribution in [2.75, 3.05) is 0 Å². The van der Waals surface area contributed by atoms with Crippen LogP contribution in [0, 0.1) is 4.91 Å². The van der Waals surface area contributed by atoms with Crippen molar-refractivity contribution >= 4 is 0 Å². The van der Waals surface area contributed by atoms with Gasteiger partial charge in [0, 0.05) is 0 Å². The van der Waals surface area contributed by atoms with Crippen molar-refractivity contribution in [3.05, 3.63) is 40.3 Å². The summed E-state index contributed by atoms with van der Waals surface area (Å²) >= 11 is 0. The highest BCUT2D eigenvalue weighted by molar-refractivity contribution is 5.26.